The minimum absolute atomic E-state index is 0.180. The fourth-order valence-electron chi connectivity index (χ4n) is 0.292. The van der Waals surface area contributed by atoms with E-state index in [0.29, 0.717) is 6.42 Å². The molecule has 7 heavy (non-hydrogen) atoms. The highest BCUT2D eigenvalue weighted by Gasteiger charge is 1.88. The first kappa shape index (κ1) is 6.45. The third-order valence-electron chi connectivity index (χ3n) is 0.711. The number of hydrogen-bond acceptors (Lipinski definition) is 2. The number of nitrogens with zero attached hydrogens (tertiary/aromatic N) is 1. The maximum atomic E-state index is 8.01. The van der Waals surface area contributed by atoms with Crippen molar-refractivity contribution in [2.45, 2.75) is 25.8 Å². The largest absolute Gasteiger partial charge is 0.328 e. The topological polar surface area (TPSA) is 49.8 Å². The second kappa shape index (κ2) is 3.63. The van der Waals surface area contributed by atoms with E-state index in [0.717, 1.165) is 6.42 Å². The van der Waals surface area contributed by atoms with Crippen molar-refractivity contribution in [3.63, 3.8) is 0 Å². The van der Waals surface area contributed by atoms with Crippen LogP contribution in [0.5, 0.6) is 0 Å². The molecule has 1 unspecified atom stereocenters. The lowest BCUT2D eigenvalue weighted by atomic mass is 10.2. The molecule has 0 heterocycles. The summed E-state index contributed by atoms with van der Waals surface area (Å²) in [5.74, 6) is 0. The van der Waals surface area contributed by atoms with Crippen LogP contribution in [0.3, 0.4) is 0 Å². The van der Waals surface area contributed by atoms with Crippen molar-refractivity contribution in [2.24, 2.45) is 5.73 Å². The number of rotatable bonds is 2. The minimum atomic E-state index is 0.180. The molecule has 0 fully saturated rings. The molecule has 0 bridgehead atoms. The summed E-state index contributed by atoms with van der Waals surface area (Å²) in [6.45, 7) is 1.90. The van der Waals surface area contributed by atoms with Crippen LogP contribution in [-0.2, 0) is 0 Å². The molecule has 0 aromatic rings. The van der Waals surface area contributed by atoms with E-state index in [1.54, 1.807) is 0 Å². The molecule has 2 nitrogen and oxygen atoms in total. The molecule has 0 saturated heterocycles. The van der Waals surface area contributed by atoms with Crippen LogP contribution in [-0.4, -0.2) is 6.04 Å². The van der Waals surface area contributed by atoms with E-state index in [1.165, 1.54) is 0 Å². The van der Waals surface area contributed by atoms with E-state index in [4.69, 9.17) is 11.0 Å². The lowest BCUT2D eigenvalue weighted by Crippen LogP contribution is -2.13. The van der Waals surface area contributed by atoms with Gasteiger partial charge in [-0.3, -0.25) is 0 Å². The van der Waals surface area contributed by atoms with Gasteiger partial charge in [0, 0.05) is 12.5 Å². The summed E-state index contributed by atoms with van der Waals surface area (Å²) in [4.78, 5) is 0. The second-order valence-corrected chi connectivity index (χ2v) is 1.67. The van der Waals surface area contributed by atoms with Crippen molar-refractivity contribution in [1.29, 1.82) is 5.26 Å². The highest BCUT2D eigenvalue weighted by atomic mass is 14.6. The van der Waals surface area contributed by atoms with Gasteiger partial charge in [0.05, 0.1) is 6.07 Å². The van der Waals surface area contributed by atoms with Gasteiger partial charge in [-0.25, -0.2) is 0 Å². The highest BCUT2D eigenvalue weighted by molar-refractivity contribution is 4.70. The molecule has 40 valence electrons. The van der Waals surface area contributed by atoms with Crippen molar-refractivity contribution in [3.05, 3.63) is 0 Å². The summed E-state index contributed by atoms with van der Waals surface area (Å²) in [7, 11) is 0. The Morgan fingerprint density at radius 3 is 2.57 bits per heavy atom. The van der Waals surface area contributed by atoms with E-state index >= 15 is 0 Å². The lowest BCUT2D eigenvalue weighted by molar-refractivity contribution is 0.680. The van der Waals surface area contributed by atoms with Gasteiger partial charge in [0.15, 0.2) is 0 Å². The molecule has 0 aliphatic heterocycles. The van der Waals surface area contributed by atoms with E-state index in [9.17, 15) is 0 Å². The Morgan fingerprint density at radius 2 is 2.43 bits per heavy atom. The van der Waals surface area contributed by atoms with Crippen molar-refractivity contribution in [3.8, 4) is 6.07 Å². The third-order valence-corrected chi connectivity index (χ3v) is 0.711. The van der Waals surface area contributed by atoms with Gasteiger partial charge in [-0.05, 0) is 13.3 Å². The quantitative estimate of drug-likeness (QED) is 0.551. The average molecular weight is 98.1 g/mol. The molecule has 0 aromatic carbocycles. The molecule has 0 aromatic heterocycles. The Balaban J connectivity index is 2.86. The van der Waals surface area contributed by atoms with E-state index in [2.05, 4.69) is 0 Å². The smallest absolute Gasteiger partial charge is 0.0622 e. The summed E-state index contributed by atoms with van der Waals surface area (Å²) in [5.41, 5.74) is 5.33. The third kappa shape index (κ3) is 5.45. The predicted molar refractivity (Wildman–Crippen MR) is 28.5 cm³/mol. The fraction of sp³-hybridized carbons (Fsp3) is 0.800. The SMILES string of the molecule is CC(N)CCC#N. The summed E-state index contributed by atoms with van der Waals surface area (Å²) < 4.78 is 0. The zero-order valence-corrected chi connectivity index (χ0v) is 4.52. The summed E-state index contributed by atoms with van der Waals surface area (Å²) >= 11 is 0. The van der Waals surface area contributed by atoms with Crippen LogP contribution >= 0.6 is 0 Å². The molecule has 0 amide bonds. The number of nitrogens with two attached hydrogens (primary N) is 1. The Morgan fingerprint density at radius 1 is 1.86 bits per heavy atom. The van der Waals surface area contributed by atoms with E-state index < -0.39 is 0 Å². The first-order chi connectivity index (χ1) is 3.27. The molecule has 2 N–H and O–H groups in total. The van der Waals surface area contributed by atoms with Crippen LogP contribution in [0.15, 0.2) is 0 Å². The zero-order valence-electron chi connectivity index (χ0n) is 4.52. The van der Waals surface area contributed by atoms with Gasteiger partial charge in [-0.15, -0.1) is 0 Å². The minimum Gasteiger partial charge on any atom is -0.328 e. The predicted octanol–water partition coefficient (Wildman–Crippen LogP) is 0.637. The molecular weight excluding hydrogens is 88.1 g/mol. The van der Waals surface area contributed by atoms with Gasteiger partial charge in [0.2, 0.25) is 0 Å². The standard InChI is InChI=1S/C5H10N2/c1-5(7)3-2-4-6/h5H,2-3,7H2,1H3. The van der Waals surface area contributed by atoms with Crippen molar-refractivity contribution < 1.29 is 0 Å². The van der Waals surface area contributed by atoms with Crippen LogP contribution in [0.1, 0.15) is 19.8 Å². The van der Waals surface area contributed by atoms with Crippen LogP contribution in [0.2, 0.25) is 0 Å². The van der Waals surface area contributed by atoms with Gasteiger partial charge in [-0.1, -0.05) is 0 Å². The molecule has 0 radical (unpaired) electrons. The molecule has 0 aliphatic rings. The first-order valence-corrected chi connectivity index (χ1v) is 2.40. The van der Waals surface area contributed by atoms with Crippen molar-refractivity contribution >= 4 is 0 Å². The average Bonchev–Trinajstić information content (AvgIpc) is 1.61. The fourth-order valence-corrected chi connectivity index (χ4v) is 0.292. The maximum Gasteiger partial charge on any atom is 0.0622 e. The molecule has 0 rings (SSSR count). The molecule has 0 saturated carbocycles. The normalized spacial score (nSPS) is 12.7. The molecule has 0 spiro atoms. The van der Waals surface area contributed by atoms with Crippen molar-refractivity contribution in [2.75, 3.05) is 0 Å². The lowest BCUT2D eigenvalue weighted by Gasteiger charge is -1.95. The summed E-state index contributed by atoms with van der Waals surface area (Å²) in [6, 6.07) is 2.20. The molecular formula is C5H10N2. The summed E-state index contributed by atoms with van der Waals surface area (Å²) in [5, 5.41) is 8.01. The Labute approximate surface area is 43.9 Å². The van der Waals surface area contributed by atoms with Crippen LogP contribution < -0.4 is 5.73 Å². The van der Waals surface area contributed by atoms with E-state index in [1.807, 2.05) is 13.0 Å². The Kier molecular flexibility index (Phi) is 3.35. The summed E-state index contributed by atoms with van der Waals surface area (Å²) in [6.07, 6.45) is 1.40. The molecule has 0 aliphatic carbocycles. The maximum absolute atomic E-state index is 8.01. The van der Waals surface area contributed by atoms with Gasteiger partial charge in [0.1, 0.15) is 0 Å². The van der Waals surface area contributed by atoms with Crippen molar-refractivity contribution in [1.82, 2.24) is 0 Å². The first-order valence-electron chi connectivity index (χ1n) is 2.40. The Hall–Kier alpha value is -0.550. The van der Waals surface area contributed by atoms with Crippen LogP contribution in [0.25, 0.3) is 0 Å². The zero-order chi connectivity index (χ0) is 5.70. The Bertz CT molecular complexity index is 70.6. The van der Waals surface area contributed by atoms with E-state index in [-0.39, 0.29) is 6.04 Å². The van der Waals surface area contributed by atoms with Gasteiger partial charge in [-0.2, -0.15) is 5.26 Å². The number of nitriles is 1. The van der Waals surface area contributed by atoms with Crippen LogP contribution in [0.4, 0.5) is 0 Å². The monoisotopic (exact) mass is 98.1 g/mol. The highest BCUT2D eigenvalue weighted by Crippen LogP contribution is 1.88. The number of hydrogen-bond donors (Lipinski definition) is 1. The molecule has 2 heteroatoms. The van der Waals surface area contributed by atoms with Crippen LogP contribution in [0, 0.1) is 11.3 Å². The van der Waals surface area contributed by atoms with Gasteiger partial charge in [0.25, 0.3) is 0 Å². The van der Waals surface area contributed by atoms with Gasteiger partial charge < -0.3 is 5.73 Å². The second-order valence-electron chi connectivity index (χ2n) is 1.67. The molecule has 1 atom stereocenters. The van der Waals surface area contributed by atoms with Gasteiger partial charge >= 0.3 is 0 Å².